The largest absolute Gasteiger partial charge is 0.381 e. The molecule has 0 spiro atoms. The first-order chi connectivity index (χ1) is 7.58. The van der Waals surface area contributed by atoms with Crippen LogP contribution in [0, 0.1) is 6.92 Å². The SMILES string of the molecule is Cc1cc(Cn2nnc(N)c2C(C)C)on1. The normalized spacial score (nSPS) is 11.2. The van der Waals surface area contributed by atoms with Crippen LogP contribution in [0.2, 0.25) is 0 Å². The van der Waals surface area contributed by atoms with E-state index in [0.717, 1.165) is 17.1 Å². The van der Waals surface area contributed by atoms with E-state index in [-0.39, 0.29) is 5.92 Å². The van der Waals surface area contributed by atoms with Crippen LogP contribution in [0.15, 0.2) is 10.6 Å². The molecule has 2 aromatic rings. The molecule has 16 heavy (non-hydrogen) atoms. The summed E-state index contributed by atoms with van der Waals surface area (Å²) in [5.74, 6) is 1.51. The summed E-state index contributed by atoms with van der Waals surface area (Å²) in [5.41, 5.74) is 7.54. The van der Waals surface area contributed by atoms with Gasteiger partial charge in [-0.1, -0.05) is 24.2 Å². The highest BCUT2D eigenvalue weighted by Crippen LogP contribution is 2.20. The van der Waals surface area contributed by atoms with Gasteiger partial charge < -0.3 is 10.3 Å². The molecule has 0 aliphatic heterocycles. The number of rotatable bonds is 3. The minimum absolute atomic E-state index is 0.277. The summed E-state index contributed by atoms with van der Waals surface area (Å²) in [5, 5.41) is 11.7. The lowest BCUT2D eigenvalue weighted by Crippen LogP contribution is -2.08. The molecule has 0 aliphatic rings. The number of hydrogen-bond donors (Lipinski definition) is 1. The quantitative estimate of drug-likeness (QED) is 0.845. The van der Waals surface area contributed by atoms with Crippen LogP contribution in [0.3, 0.4) is 0 Å². The number of nitrogens with two attached hydrogens (primary N) is 1. The number of nitrogens with zero attached hydrogens (tertiary/aromatic N) is 4. The second-order valence-corrected chi connectivity index (χ2v) is 4.11. The Balaban J connectivity index is 2.28. The summed E-state index contributed by atoms with van der Waals surface area (Å²) >= 11 is 0. The lowest BCUT2D eigenvalue weighted by molar-refractivity contribution is 0.364. The molecule has 0 amide bonds. The summed E-state index contributed by atoms with van der Waals surface area (Å²) in [4.78, 5) is 0. The first kappa shape index (κ1) is 10.7. The molecule has 0 saturated heterocycles. The van der Waals surface area contributed by atoms with Crippen molar-refractivity contribution >= 4 is 5.82 Å². The van der Waals surface area contributed by atoms with E-state index in [1.54, 1.807) is 4.68 Å². The molecule has 0 saturated carbocycles. The molecular formula is C10H15N5O. The van der Waals surface area contributed by atoms with Gasteiger partial charge in [-0.3, -0.25) is 0 Å². The monoisotopic (exact) mass is 221 g/mol. The maximum absolute atomic E-state index is 5.76. The van der Waals surface area contributed by atoms with Crippen molar-refractivity contribution in [3.8, 4) is 0 Å². The molecule has 0 atom stereocenters. The zero-order valence-electron chi connectivity index (χ0n) is 9.64. The Morgan fingerprint density at radius 3 is 2.81 bits per heavy atom. The number of aromatic nitrogens is 4. The molecule has 0 aliphatic carbocycles. The lowest BCUT2D eigenvalue weighted by atomic mass is 10.1. The van der Waals surface area contributed by atoms with Gasteiger partial charge in [-0.2, -0.15) is 0 Å². The highest BCUT2D eigenvalue weighted by molar-refractivity contribution is 5.35. The smallest absolute Gasteiger partial charge is 0.169 e. The fourth-order valence-electron chi connectivity index (χ4n) is 1.68. The summed E-state index contributed by atoms with van der Waals surface area (Å²) in [6.07, 6.45) is 0. The summed E-state index contributed by atoms with van der Waals surface area (Å²) in [6.45, 7) is 6.50. The third-order valence-electron chi connectivity index (χ3n) is 2.33. The van der Waals surface area contributed by atoms with Crippen LogP contribution in [0.1, 0.15) is 36.9 Å². The van der Waals surface area contributed by atoms with E-state index in [2.05, 4.69) is 29.3 Å². The minimum Gasteiger partial charge on any atom is -0.381 e. The van der Waals surface area contributed by atoms with E-state index in [1.165, 1.54) is 0 Å². The van der Waals surface area contributed by atoms with Crippen LogP contribution in [0.5, 0.6) is 0 Å². The van der Waals surface area contributed by atoms with E-state index in [9.17, 15) is 0 Å². The minimum atomic E-state index is 0.277. The van der Waals surface area contributed by atoms with Crippen molar-refractivity contribution in [2.75, 3.05) is 5.73 Å². The van der Waals surface area contributed by atoms with E-state index >= 15 is 0 Å². The average molecular weight is 221 g/mol. The van der Waals surface area contributed by atoms with Gasteiger partial charge in [0, 0.05) is 6.07 Å². The Kier molecular flexibility index (Phi) is 2.64. The van der Waals surface area contributed by atoms with Crippen LogP contribution in [-0.4, -0.2) is 20.2 Å². The number of hydrogen-bond acceptors (Lipinski definition) is 5. The Labute approximate surface area is 93.4 Å². The van der Waals surface area contributed by atoms with E-state index in [4.69, 9.17) is 10.3 Å². The van der Waals surface area contributed by atoms with Gasteiger partial charge in [0.15, 0.2) is 11.6 Å². The Morgan fingerprint density at radius 1 is 1.50 bits per heavy atom. The molecule has 86 valence electrons. The zero-order valence-corrected chi connectivity index (χ0v) is 9.64. The molecule has 2 N–H and O–H groups in total. The van der Waals surface area contributed by atoms with Crippen molar-refractivity contribution in [1.82, 2.24) is 20.2 Å². The van der Waals surface area contributed by atoms with Gasteiger partial charge in [0.05, 0.1) is 11.4 Å². The molecule has 0 radical (unpaired) electrons. The van der Waals surface area contributed by atoms with Gasteiger partial charge in [-0.15, -0.1) is 5.10 Å². The second kappa shape index (κ2) is 3.96. The van der Waals surface area contributed by atoms with Crippen LogP contribution in [0.4, 0.5) is 5.82 Å². The fraction of sp³-hybridized carbons (Fsp3) is 0.500. The average Bonchev–Trinajstić information content (AvgIpc) is 2.74. The van der Waals surface area contributed by atoms with Gasteiger partial charge in [0.1, 0.15) is 6.54 Å². The van der Waals surface area contributed by atoms with Crippen molar-refractivity contribution in [1.29, 1.82) is 0 Å². The predicted octanol–water partition coefficient (Wildman–Crippen LogP) is 1.33. The Morgan fingerprint density at radius 2 is 2.25 bits per heavy atom. The topological polar surface area (TPSA) is 82.8 Å². The summed E-state index contributed by atoms with van der Waals surface area (Å²) < 4.78 is 6.88. The van der Waals surface area contributed by atoms with Crippen LogP contribution >= 0.6 is 0 Å². The molecule has 0 aromatic carbocycles. The first-order valence-corrected chi connectivity index (χ1v) is 5.19. The molecule has 6 heteroatoms. The molecule has 2 heterocycles. The fourth-order valence-corrected chi connectivity index (χ4v) is 1.68. The predicted molar refractivity (Wildman–Crippen MR) is 58.9 cm³/mol. The Hall–Kier alpha value is -1.85. The third-order valence-corrected chi connectivity index (χ3v) is 2.33. The van der Waals surface area contributed by atoms with Crippen LogP contribution in [0.25, 0.3) is 0 Å². The van der Waals surface area contributed by atoms with Crippen molar-refractivity contribution in [2.45, 2.75) is 33.2 Å². The van der Waals surface area contributed by atoms with Crippen molar-refractivity contribution in [2.24, 2.45) is 0 Å². The molecule has 6 nitrogen and oxygen atoms in total. The highest BCUT2D eigenvalue weighted by atomic mass is 16.5. The molecular weight excluding hydrogens is 206 g/mol. The van der Waals surface area contributed by atoms with E-state index in [0.29, 0.717) is 12.4 Å². The molecule has 0 fully saturated rings. The number of anilines is 1. The highest BCUT2D eigenvalue weighted by Gasteiger charge is 2.15. The van der Waals surface area contributed by atoms with E-state index < -0.39 is 0 Å². The van der Waals surface area contributed by atoms with Gasteiger partial charge in [0.2, 0.25) is 0 Å². The van der Waals surface area contributed by atoms with Gasteiger partial charge in [-0.05, 0) is 12.8 Å². The molecule has 2 rings (SSSR count). The van der Waals surface area contributed by atoms with Crippen LogP contribution < -0.4 is 5.73 Å². The second-order valence-electron chi connectivity index (χ2n) is 4.11. The van der Waals surface area contributed by atoms with Gasteiger partial charge in [0.25, 0.3) is 0 Å². The van der Waals surface area contributed by atoms with Gasteiger partial charge in [-0.25, -0.2) is 4.68 Å². The maximum atomic E-state index is 5.76. The standard InChI is InChI=1S/C10H15N5O/c1-6(2)9-10(11)12-14-15(9)5-8-4-7(3)13-16-8/h4,6H,5,11H2,1-3H3. The van der Waals surface area contributed by atoms with Crippen molar-refractivity contribution < 1.29 is 4.52 Å². The van der Waals surface area contributed by atoms with Crippen molar-refractivity contribution in [3.05, 3.63) is 23.2 Å². The molecule has 0 unspecified atom stereocenters. The number of aryl methyl sites for hydroxylation is 1. The van der Waals surface area contributed by atoms with Crippen molar-refractivity contribution in [3.63, 3.8) is 0 Å². The summed E-state index contributed by atoms with van der Waals surface area (Å²) in [7, 11) is 0. The zero-order chi connectivity index (χ0) is 11.7. The third kappa shape index (κ3) is 1.91. The molecule has 0 bridgehead atoms. The van der Waals surface area contributed by atoms with Crippen LogP contribution in [-0.2, 0) is 6.54 Å². The number of nitrogen functional groups attached to an aromatic ring is 1. The maximum Gasteiger partial charge on any atom is 0.169 e. The van der Waals surface area contributed by atoms with Gasteiger partial charge >= 0.3 is 0 Å². The van der Waals surface area contributed by atoms with E-state index in [1.807, 2.05) is 13.0 Å². The lowest BCUT2D eigenvalue weighted by Gasteiger charge is -2.07. The summed E-state index contributed by atoms with van der Waals surface area (Å²) in [6, 6.07) is 1.88. The first-order valence-electron chi connectivity index (χ1n) is 5.19. The Bertz CT molecular complexity index is 485. The molecule has 2 aromatic heterocycles.